The maximum absolute atomic E-state index is 2.45. The molecule has 0 amide bonds. The van der Waals surface area contributed by atoms with Gasteiger partial charge in [-0.3, -0.25) is 0 Å². The molecule has 2 fully saturated rings. The van der Waals surface area contributed by atoms with Crippen LogP contribution in [0.1, 0.15) is 33.1 Å². The average Bonchev–Trinajstić information content (AvgIpc) is 2.47. The summed E-state index contributed by atoms with van der Waals surface area (Å²) in [4.78, 5) is 0. The summed E-state index contributed by atoms with van der Waals surface area (Å²) in [7, 11) is 0. The van der Waals surface area contributed by atoms with Crippen molar-refractivity contribution in [3.05, 3.63) is 0 Å². The first-order valence-electron chi connectivity index (χ1n) is 5.57. The van der Waals surface area contributed by atoms with Gasteiger partial charge in [0, 0.05) is 18.8 Å². The molecule has 0 bridgehead atoms. The molecular formula is C11H22N+. The molecule has 0 aromatic rings. The second kappa shape index (κ2) is 3.02. The van der Waals surface area contributed by atoms with Gasteiger partial charge >= 0.3 is 0 Å². The summed E-state index contributed by atoms with van der Waals surface area (Å²) < 4.78 is 1.48. The Morgan fingerprint density at radius 1 is 0.917 bits per heavy atom. The molecule has 2 heterocycles. The van der Waals surface area contributed by atoms with Crippen molar-refractivity contribution in [3.63, 3.8) is 0 Å². The molecule has 2 aliphatic rings. The smallest absolute Gasteiger partial charge is 0.0815 e. The van der Waals surface area contributed by atoms with E-state index in [1.807, 2.05) is 0 Å². The van der Waals surface area contributed by atoms with Crippen LogP contribution in [-0.2, 0) is 0 Å². The molecule has 2 atom stereocenters. The van der Waals surface area contributed by atoms with Crippen molar-refractivity contribution in [3.8, 4) is 0 Å². The summed E-state index contributed by atoms with van der Waals surface area (Å²) in [6.07, 6.45) is 4.45. The van der Waals surface area contributed by atoms with Crippen LogP contribution in [0.3, 0.4) is 0 Å². The van der Waals surface area contributed by atoms with E-state index in [1.165, 1.54) is 49.9 Å². The highest BCUT2D eigenvalue weighted by Gasteiger charge is 2.38. The molecule has 0 aliphatic carbocycles. The predicted octanol–water partition coefficient (Wildman–Crippen LogP) is 2.27. The Kier molecular flexibility index (Phi) is 2.16. The number of piperidine rings is 1. The van der Waals surface area contributed by atoms with Crippen molar-refractivity contribution in [1.82, 2.24) is 0 Å². The Morgan fingerprint density at radius 2 is 1.58 bits per heavy atom. The molecule has 2 aliphatic heterocycles. The lowest BCUT2D eigenvalue weighted by Gasteiger charge is -2.43. The van der Waals surface area contributed by atoms with E-state index in [9.17, 15) is 0 Å². The molecule has 1 heteroatoms. The number of quaternary nitrogens is 1. The molecule has 0 aromatic carbocycles. The monoisotopic (exact) mass is 168 g/mol. The molecular weight excluding hydrogens is 146 g/mol. The van der Waals surface area contributed by atoms with Gasteiger partial charge in [-0.2, -0.15) is 0 Å². The molecule has 0 saturated carbocycles. The molecule has 0 aromatic heterocycles. The molecule has 0 N–H and O–H groups in total. The van der Waals surface area contributed by atoms with Crippen LogP contribution in [0, 0.1) is 11.8 Å². The minimum absolute atomic E-state index is 0.969. The zero-order valence-electron chi connectivity index (χ0n) is 8.55. The van der Waals surface area contributed by atoms with Gasteiger partial charge in [-0.15, -0.1) is 0 Å². The predicted molar refractivity (Wildman–Crippen MR) is 51.9 cm³/mol. The highest BCUT2D eigenvalue weighted by Crippen LogP contribution is 2.31. The maximum Gasteiger partial charge on any atom is 0.0815 e. The van der Waals surface area contributed by atoms with Crippen LogP contribution in [-0.4, -0.2) is 30.7 Å². The maximum atomic E-state index is 2.45. The number of rotatable bonds is 0. The van der Waals surface area contributed by atoms with Gasteiger partial charge in [-0.25, -0.2) is 0 Å². The molecule has 70 valence electrons. The van der Waals surface area contributed by atoms with Crippen LogP contribution in [0.15, 0.2) is 0 Å². The van der Waals surface area contributed by atoms with Crippen molar-refractivity contribution in [2.45, 2.75) is 33.1 Å². The van der Waals surface area contributed by atoms with Gasteiger partial charge in [0.2, 0.25) is 0 Å². The summed E-state index contributed by atoms with van der Waals surface area (Å²) in [6.45, 7) is 10.8. The van der Waals surface area contributed by atoms with Crippen LogP contribution in [0.4, 0.5) is 0 Å². The second-order valence-corrected chi connectivity index (χ2v) is 5.15. The van der Waals surface area contributed by atoms with E-state index in [0.717, 1.165) is 11.8 Å². The van der Waals surface area contributed by atoms with Gasteiger partial charge in [0.1, 0.15) is 0 Å². The highest BCUT2D eigenvalue weighted by atomic mass is 15.4. The van der Waals surface area contributed by atoms with E-state index in [4.69, 9.17) is 0 Å². The van der Waals surface area contributed by atoms with Crippen molar-refractivity contribution < 1.29 is 4.48 Å². The van der Waals surface area contributed by atoms with E-state index in [-0.39, 0.29) is 0 Å². The summed E-state index contributed by atoms with van der Waals surface area (Å²) in [6, 6.07) is 0. The minimum atomic E-state index is 0.969. The highest BCUT2D eigenvalue weighted by molar-refractivity contribution is 4.70. The summed E-state index contributed by atoms with van der Waals surface area (Å²) >= 11 is 0. The topological polar surface area (TPSA) is 0 Å². The van der Waals surface area contributed by atoms with E-state index < -0.39 is 0 Å². The quantitative estimate of drug-likeness (QED) is 0.487. The Hall–Kier alpha value is -0.0400. The van der Waals surface area contributed by atoms with E-state index in [0.29, 0.717) is 0 Å². The van der Waals surface area contributed by atoms with Crippen molar-refractivity contribution in [1.29, 1.82) is 0 Å². The lowest BCUT2D eigenvalue weighted by atomic mass is 9.87. The largest absolute Gasteiger partial charge is 0.323 e. The minimum Gasteiger partial charge on any atom is -0.323 e. The van der Waals surface area contributed by atoms with Gasteiger partial charge < -0.3 is 4.48 Å². The number of hydrogen-bond acceptors (Lipinski definition) is 0. The third kappa shape index (κ3) is 1.39. The molecule has 2 unspecified atom stereocenters. The van der Waals surface area contributed by atoms with Gasteiger partial charge in [0.15, 0.2) is 0 Å². The van der Waals surface area contributed by atoms with Crippen molar-refractivity contribution in [2.75, 3.05) is 26.2 Å². The Bertz CT molecular complexity index is 158. The lowest BCUT2D eigenvalue weighted by molar-refractivity contribution is -0.925. The summed E-state index contributed by atoms with van der Waals surface area (Å²) in [5.41, 5.74) is 0. The van der Waals surface area contributed by atoms with Gasteiger partial charge in [-0.05, 0) is 12.3 Å². The third-order valence-electron chi connectivity index (χ3n) is 4.22. The molecule has 1 nitrogen and oxygen atoms in total. The fourth-order valence-electron chi connectivity index (χ4n) is 3.06. The fourth-order valence-corrected chi connectivity index (χ4v) is 3.06. The van der Waals surface area contributed by atoms with E-state index in [2.05, 4.69) is 13.8 Å². The van der Waals surface area contributed by atoms with Crippen LogP contribution in [0.2, 0.25) is 0 Å². The Balaban J connectivity index is 2.01. The van der Waals surface area contributed by atoms with Crippen LogP contribution in [0.5, 0.6) is 0 Å². The summed E-state index contributed by atoms with van der Waals surface area (Å²) in [5.74, 6) is 1.95. The molecule has 2 rings (SSSR count). The van der Waals surface area contributed by atoms with Crippen LogP contribution in [0.25, 0.3) is 0 Å². The van der Waals surface area contributed by atoms with E-state index >= 15 is 0 Å². The first kappa shape index (κ1) is 8.55. The van der Waals surface area contributed by atoms with E-state index in [1.54, 1.807) is 0 Å². The van der Waals surface area contributed by atoms with Crippen LogP contribution < -0.4 is 0 Å². The SMILES string of the molecule is CC1CC[N+]2(CCCC2)CC1C. The number of hydrogen-bond donors (Lipinski definition) is 0. The average molecular weight is 168 g/mol. The second-order valence-electron chi connectivity index (χ2n) is 5.15. The van der Waals surface area contributed by atoms with Gasteiger partial charge in [0.25, 0.3) is 0 Å². The van der Waals surface area contributed by atoms with Gasteiger partial charge in [0.05, 0.1) is 26.2 Å². The summed E-state index contributed by atoms with van der Waals surface area (Å²) in [5, 5.41) is 0. The first-order valence-corrected chi connectivity index (χ1v) is 5.57. The van der Waals surface area contributed by atoms with Crippen molar-refractivity contribution >= 4 is 0 Å². The molecule has 0 radical (unpaired) electrons. The molecule has 2 saturated heterocycles. The normalized spacial score (nSPS) is 40.5. The molecule has 12 heavy (non-hydrogen) atoms. The Morgan fingerprint density at radius 3 is 2.17 bits per heavy atom. The Labute approximate surface area is 76.3 Å². The van der Waals surface area contributed by atoms with Gasteiger partial charge in [-0.1, -0.05) is 13.8 Å². The fraction of sp³-hybridized carbons (Fsp3) is 1.00. The zero-order valence-corrected chi connectivity index (χ0v) is 8.55. The first-order chi connectivity index (χ1) is 5.72. The van der Waals surface area contributed by atoms with Crippen LogP contribution >= 0.6 is 0 Å². The lowest BCUT2D eigenvalue weighted by Crippen LogP contribution is -2.53. The standard InChI is InChI=1S/C11H22N/c1-10-5-8-12(9-11(10)2)6-3-4-7-12/h10-11H,3-9H2,1-2H3/q+1. The molecule has 1 spiro atoms. The zero-order chi connectivity index (χ0) is 8.60. The number of nitrogens with zero attached hydrogens (tertiary/aromatic N) is 1. The third-order valence-corrected chi connectivity index (χ3v) is 4.22. The van der Waals surface area contributed by atoms with Crippen molar-refractivity contribution in [2.24, 2.45) is 11.8 Å².